The smallest absolute Gasteiger partial charge is 0.000592 e. The summed E-state index contributed by atoms with van der Waals surface area (Å²) in [4.78, 5) is 2.25. The lowest BCUT2D eigenvalue weighted by atomic mass is 9.82. The second-order valence-electron chi connectivity index (χ2n) is 4.53. The molecule has 0 aromatic heterocycles. The molecule has 1 heteroatoms. The average molecular weight is 143 g/mol. The number of hydrogen-bond donors (Lipinski definition) is 0. The molecule has 0 N–H and O–H groups in total. The van der Waals surface area contributed by atoms with E-state index in [4.69, 9.17) is 0 Å². The van der Waals surface area contributed by atoms with Crippen LogP contribution in [0.4, 0.5) is 0 Å². The molecule has 0 rings (SSSR count). The van der Waals surface area contributed by atoms with Crippen LogP contribution in [0.3, 0.4) is 0 Å². The lowest BCUT2D eigenvalue weighted by Gasteiger charge is -2.29. The minimum absolute atomic E-state index is 0.449. The highest BCUT2D eigenvalue weighted by Crippen LogP contribution is 2.25. The van der Waals surface area contributed by atoms with Crippen LogP contribution in [0.2, 0.25) is 0 Å². The van der Waals surface area contributed by atoms with Crippen LogP contribution in [0.1, 0.15) is 27.7 Å². The molecule has 0 spiro atoms. The van der Waals surface area contributed by atoms with Crippen LogP contribution in [0, 0.1) is 11.3 Å². The van der Waals surface area contributed by atoms with Gasteiger partial charge in [0, 0.05) is 6.54 Å². The topological polar surface area (TPSA) is 3.24 Å². The van der Waals surface area contributed by atoms with Gasteiger partial charge in [0.05, 0.1) is 0 Å². The van der Waals surface area contributed by atoms with Crippen molar-refractivity contribution in [3.05, 3.63) is 0 Å². The van der Waals surface area contributed by atoms with Crippen LogP contribution in [0.15, 0.2) is 0 Å². The quantitative estimate of drug-likeness (QED) is 0.573. The maximum atomic E-state index is 2.31. The van der Waals surface area contributed by atoms with Crippen molar-refractivity contribution in [2.24, 2.45) is 11.3 Å². The maximum Gasteiger partial charge on any atom is 0.000592 e. The zero-order chi connectivity index (χ0) is 8.36. The molecule has 0 saturated heterocycles. The first-order valence-electron chi connectivity index (χ1n) is 3.98. The molecule has 1 nitrogen and oxygen atoms in total. The third-order valence-electron chi connectivity index (χ3n) is 2.12. The normalized spacial score (nSPS) is 15.9. The van der Waals surface area contributed by atoms with E-state index in [0.717, 1.165) is 5.92 Å². The summed E-state index contributed by atoms with van der Waals surface area (Å²) in [5.41, 5.74) is 0.449. The molecule has 0 aliphatic rings. The Hall–Kier alpha value is -0.0400. The van der Waals surface area contributed by atoms with Crippen LogP contribution < -0.4 is 0 Å². The van der Waals surface area contributed by atoms with Crippen LogP contribution in [-0.2, 0) is 0 Å². The van der Waals surface area contributed by atoms with Gasteiger partial charge in [-0.15, -0.1) is 0 Å². The molecule has 0 bridgehead atoms. The highest BCUT2D eigenvalue weighted by Gasteiger charge is 2.19. The zero-order valence-corrected chi connectivity index (χ0v) is 8.23. The molecule has 0 aliphatic heterocycles. The second-order valence-corrected chi connectivity index (χ2v) is 4.53. The minimum atomic E-state index is 0.449. The molecule has 0 aliphatic carbocycles. The van der Waals surface area contributed by atoms with Crippen LogP contribution in [-0.4, -0.2) is 25.5 Å². The Morgan fingerprint density at radius 2 is 1.60 bits per heavy atom. The van der Waals surface area contributed by atoms with Gasteiger partial charge in [-0.2, -0.15) is 0 Å². The van der Waals surface area contributed by atoms with E-state index in [1.54, 1.807) is 0 Å². The first-order valence-corrected chi connectivity index (χ1v) is 3.98. The largest absolute Gasteiger partial charge is 0.309 e. The van der Waals surface area contributed by atoms with Gasteiger partial charge in [-0.1, -0.05) is 27.7 Å². The van der Waals surface area contributed by atoms with Crippen LogP contribution in [0.25, 0.3) is 0 Å². The molecule has 0 fully saturated rings. The van der Waals surface area contributed by atoms with E-state index in [-0.39, 0.29) is 0 Å². The minimum Gasteiger partial charge on any atom is -0.309 e. The maximum absolute atomic E-state index is 2.31. The van der Waals surface area contributed by atoms with Crippen molar-refractivity contribution in [2.75, 3.05) is 20.6 Å². The molecule has 1 atom stereocenters. The van der Waals surface area contributed by atoms with Gasteiger partial charge in [-0.05, 0) is 25.4 Å². The lowest BCUT2D eigenvalue weighted by molar-refractivity contribution is 0.202. The Labute approximate surface area is 65.4 Å². The fourth-order valence-electron chi connectivity index (χ4n) is 0.822. The fraction of sp³-hybridized carbons (Fsp3) is 1.00. The fourth-order valence-corrected chi connectivity index (χ4v) is 0.822. The summed E-state index contributed by atoms with van der Waals surface area (Å²) in [5, 5.41) is 0. The van der Waals surface area contributed by atoms with Gasteiger partial charge < -0.3 is 4.90 Å². The van der Waals surface area contributed by atoms with E-state index in [2.05, 4.69) is 46.7 Å². The highest BCUT2D eigenvalue weighted by atomic mass is 15.1. The Kier molecular flexibility index (Phi) is 3.37. The van der Waals surface area contributed by atoms with Crippen molar-refractivity contribution >= 4 is 0 Å². The first-order chi connectivity index (χ1) is 4.34. The predicted octanol–water partition coefficient (Wildman–Crippen LogP) is 2.23. The van der Waals surface area contributed by atoms with E-state index in [0.29, 0.717) is 5.41 Å². The summed E-state index contributed by atoms with van der Waals surface area (Å²) in [7, 11) is 4.25. The van der Waals surface area contributed by atoms with Gasteiger partial charge >= 0.3 is 0 Å². The number of hydrogen-bond acceptors (Lipinski definition) is 1. The van der Waals surface area contributed by atoms with Crippen molar-refractivity contribution in [1.29, 1.82) is 0 Å². The SMILES string of the molecule is C[C@@H](CN(C)C)C(C)(C)C. The Morgan fingerprint density at radius 1 is 1.20 bits per heavy atom. The van der Waals surface area contributed by atoms with Gasteiger partial charge in [0.2, 0.25) is 0 Å². The van der Waals surface area contributed by atoms with Crippen molar-refractivity contribution in [1.82, 2.24) is 4.90 Å². The highest BCUT2D eigenvalue weighted by molar-refractivity contribution is 4.71. The summed E-state index contributed by atoms with van der Waals surface area (Å²) in [5.74, 6) is 0.766. The molecular formula is C9H21N. The van der Waals surface area contributed by atoms with E-state index < -0.39 is 0 Å². The van der Waals surface area contributed by atoms with E-state index in [1.807, 2.05) is 0 Å². The van der Waals surface area contributed by atoms with Gasteiger partial charge in [-0.25, -0.2) is 0 Å². The third kappa shape index (κ3) is 3.89. The molecular weight excluding hydrogens is 122 g/mol. The van der Waals surface area contributed by atoms with Gasteiger partial charge in [-0.3, -0.25) is 0 Å². The van der Waals surface area contributed by atoms with Crippen molar-refractivity contribution in [3.63, 3.8) is 0 Å². The lowest BCUT2D eigenvalue weighted by Crippen LogP contribution is -2.28. The summed E-state index contributed by atoms with van der Waals surface area (Å²) in [6.45, 7) is 10.4. The van der Waals surface area contributed by atoms with E-state index in [9.17, 15) is 0 Å². The zero-order valence-electron chi connectivity index (χ0n) is 8.23. The summed E-state index contributed by atoms with van der Waals surface area (Å²) < 4.78 is 0. The van der Waals surface area contributed by atoms with E-state index in [1.165, 1.54) is 6.54 Å². The molecule has 0 aromatic rings. The molecule has 0 aromatic carbocycles. The molecule has 10 heavy (non-hydrogen) atoms. The number of nitrogens with zero attached hydrogens (tertiary/aromatic N) is 1. The van der Waals surface area contributed by atoms with Crippen molar-refractivity contribution < 1.29 is 0 Å². The molecule has 0 heterocycles. The average Bonchev–Trinajstić information content (AvgIpc) is 1.60. The van der Waals surface area contributed by atoms with Crippen LogP contribution in [0.5, 0.6) is 0 Å². The summed E-state index contributed by atoms with van der Waals surface area (Å²) in [6.07, 6.45) is 0. The van der Waals surface area contributed by atoms with E-state index >= 15 is 0 Å². The van der Waals surface area contributed by atoms with Gasteiger partial charge in [0.25, 0.3) is 0 Å². The summed E-state index contributed by atoms with van der Waals surface area (Å²) >= 11 is 0. The molecule has 62 valence electrons. The monoisotopic (exact) mass is 143 g/mol. The van der Waals surface area contributed by atoms with Gasteiger partial charge in [0.1, 0.15) is 0 Å². The molecule has 0 saturated carbocycles. The molecule has 0 unspecified atom stereocenters. The Bertz CT molecular complexity index is 89.4. The van der Waals surface area contributed by atoms with Crippen molar-refractivity contribution in [2.45, 2.75) is 27.7 Å². The van der Waals surface area contributed by atoms with Crippen molar-refractivity contribution in [3.8, 4) is 0 Å². The standard InChI is InChI=1S/C9H21N/c1-8(7-10(5)6)9(2,3)4/h8H,7H2,1-6H3/t8-/m0/s1. The number of rotatable bonds is 2. The first kappa shape index (κ1) is 9.96. The van der Waals surface area contributed by atoms with Crippen LogP contribution >= 0.6 is 0 Å². The predicted molar refractivity (Wildman–Crippen MR) is 47.2 cm³/mol. The molecule has 0 radical (unpaired) electrons. The molecule has 0 amide bonds. The Balaban J connectivity index is 3.73. The summed E-state index contributed by atoms with van der Waals surface area (Å²) in [6, 6.07) is 0. The Morgan fingerprint density at radius 3 is 1.70 bits per heavy atom. The third-order valence-corrected chi connectivity index (χ3v) is 2.12. The van der Waals surface area contributed by atoms with Gasteiger partial charge in [0.15, 0.2) is 0 Å². The second kappa shape index (κ2) is 3.38.